The number of nitrogens with zero attached hydrogens (tertiary/aromatic N) is 2. The van der Waals surface area contributed by atoms with Crippen LogP contribution in [-0.4, -0.2) is 29.5 Å². The number of halogens is 2. The number of hydrogen-bond acceptors (Lipinski definition) is 5. The van der Waals surface area contributed by atoms with Crippen molar-refractivity contribution in [2.75, 3.05) is 7.11 Å². The average molecular weight is 382 g/mol. The maximum atomic E-state index is 14.0. The Bertz CT molecular complexity index is 740. The zero-order chi connectivity index (χ0) is 16.8. The largest absolute Gasteiger partial charge is 0.464 e. The summed E-state index contributed by atoms with van der Waals surface area (Å²) in [6, 6.07) is 4.62. The molecule has 0 spiro atoms. The van der Waals surface area contributed by atoms with Crippen molar-refractivity contribution in [3.05, 3.63) is 57.3 Å². The van der Waals surface area contributed by atoms with E-state index in [1.54, 1.807) is 12.1 Å². The highest BCUT2D eigenvalue weighted by Gasteiger charge is 2.18. The second-order valence-corrected chi connectivity index (χ2v) is 5.48. The van der Waals surface area contributed by atoms with Gasteiger partial charge in [-0.25, -0.2) is 14.2 Å². The monoisotopic (exact) mass is 381 g/mol. The molecule has 2 rings (SSSR count). The molecule has 6 nitrogen and oxygen atoms in total. The molecule has 120 valence electrons. The van der Waals surface area contributed by atoms with Gasteiger partial charge in [0.25, 0.3) is 0 Å². The Balaban J connectivity index is 2.39. The van der Waals surface area contributed by atoms with Crippen LogP contribution in [-0.2, 0) is 22.5 Å². The first-order valence-electron chi connectivity index (χ1n) is 6.59. The van der Waals surface area contributed by atoms with Gasteiger partial charge in [-0.15, -0.1) is 0 Å². The molecule has 2 aromatic rings. The van der Waals surface area contributed by atoms with E-state index in [1.165, 1.54) is 19.4 Å². The molecule has 0 aliphatic carbocycles. The van der Waals surface area contributed by atoms with Gasteiger partial charge in [0.15, 0.2) is 5.69 Å². The standard InChI is InChI=1S/C15H13BrFN3O3/c1-23-15(22)14-13(20-11(7-19-14)6-18-8-21)4-9-2-3-10(16)5-12(9)17/h2-3,5,7-8H,4,6H2,1H3,(H,18,21). The van der Waals surface area contributed by atoms with Crippen molar-refractivity contribution in [3.8, 4) is 0 Å². The molecule has 1 N–H and O–H groups in total. The van der Waals surface area contributed by atoms with Gasteiger partial charge in [0.2, 0.25) is 6.41 Å². The van der Waals surface area contributed by atoms with Crippen molar-refractivity contribution in [2.24, 2.45) is 0 Å². The van der Waals surface area contributed by atoms with Crippen LogP contribution >= 0.6 is 15.9 Å². The Morgan fingerprint density at radius 2 is 2.26 bits per heavy atom. The first-order valence-corrected chi connectivity index (χ1v) is 7.38. The summed E-state index contributed by atoms with van der Waals surface area (Å²) in [4.78, 5) is 30.5. The Labute approximate surface area is 140 Å². The van der Waals surface area contributed by atoms with Crippen molar-refractivity contribution in [2.45, 2.75) is 13.0 Å². The molecule has 0 saturated carbocycles. The van der Waals surface area contributed by atoms with Crippen molar-refractivity contribution < 1.29 is 18.7 Å². The topological polar surface area (TPSA) is 81.2 Å². The molecule has 0 fully saturated rings. The Morgan fingerprint density at radius 3 is 2.91 bits per heavy atom. The van der Waals surface area contributed by atoms with Gasteiger partial charge in [0.1, 0.15) is 5.82 Å². The van der Waals surface area contributed by atoms with E-state index >= 15 is 0 Å². The number of benzene rings is 1. The van der Waals surface area contributed by atoms with E-state index in [-0.39, 0.29) is 24.4 Å². The highest BCUT2D eigenvalue weighted by Crippen LogP contribution is 2.19. The molecule has 0 saturated heterocycles. The molecule has 8 heteroatoms. The molecule has 1 amide bonds. The molecule has 0 aliphatic rings. The van der Waals surface area contributed by atoms with Crippen LogP contribution < -0.4 is 5.32 Å². The number of nitrogens with one attached hydrogen (secondary N) is 1. The minimum atomic E-state index is -0.653. The van der Waals surface area contributed by atoms with Gasteiger partial charge in [-0.05, 0) is 17.7 Å². The van der Waals surface area contributed by atoms with Crippen LogP contribution in [0.25, 0.3) is 0 Å². The lowest BCUT2D eigenvalue weighted by Gasteiger charge is -2.09. The number of rotatable bonds is 6. The van der Waals surface area contributed by atoms with Crippen LogP contribution in [0.2, 0.25) is 0 Å². The molecular weight excluding hydrogens is 369 g/mol. The van der Waals surface area contributed by atoms with Gasteiger partial charge in [0, 0.05) is 10.9 Å². The van der Waals surface area contributed by atoms with Crippen LogP contribution in [0.3, 0.4) is 0 Å². The molecule has 0 unspecified atom stereocenters. The smallest absolute Gasteiger partial charge is 0.358 e. The van der Waals surface area contributed by atoms with E-state index < -0.39 is 11.8 Å². The summed E-state index contributed by atoms with van der Waals surface area (Å²) in [5.41, 5.74) is 1.12. The van der Waals surface area contributed by atoms with E-state index in [0.29, 0.717) is 22.1 Å². The number of amides is 1. The van der Waals surface area contributed by atoms with Crippen LogP contribution in [0.4, 0.5) is 4.39 Å². The quantitative estimate of drug-likeness (QED) is 0.611. The number of aromatic nitrogens is 2. The van der Waals surface area contributed by atoms with Crippen LogP contribution in [0, 0.1) is 5.82 Å². The summed E-state index contributed by atoms with van der Waals surface area (Å²) in [5, 5.41) is 2.46. The minimum absolute atomic E-state index is 0.0182. The summed E-state index contributed by atoms with van der Waals surface area (Å²) in [5.74, 6) is -1.08. The lowest BCUT2D eigenvalue weighted by atomic mass is 10.1. The summed E-state index contributed by atoms with van der Waals surface area (Å²) in [7, 11) is 1.23. The number of carbonyl (C=O) groups excluding carboxylic acids is 2. The Kier molecular flexibility index (Phi) is 5.75. The van der Waals surface area contributed by atoms with Gasteiger partial charge in [-0.1, -0.05) is 22.0 Å². The molecule has 1 heterocycles. The number of carbonyl (C=O) groups is 2. The van der Waals surface area contributed by atoms with E-state index in [0.717, 1.165) is 0 Å². The molecule has 23 heavy (non-hydrogen) atoms. The Morgan fingerprint density at radius 1 is 1.48 bits per heavy atom. The second-order valence-electron chi connectivity index (χ2n) is 4.56. The van der Waals surface area contributed by atoms with Crippen LogP contribution in [0.15, 0.2) is 28.9 Å². The molecular formula is C15H13BrFN3O3. The highest BCUT2D eigenvalue weighted by atomic mass is 79.9. The van der Waals surface area contributed by atoms with Crippen molar-refractivity contribution in [3.63, 3.8) is 0 Å². The molecule has 0 atom stereocenters. The lowest BCUT2D eigenvalue weighted by molar-refractivity contribution is -0.109. The van der Waals surface area contributed by atoms with Crippen LogP contribution in [0.5, 0.6) is 0 Å². The fraction of sp³-hybridized carbons (Fsp3) is 0.200. The van der Waals surface area contributed by atoms with E-state index in [9.17, 15) is 14.0 Å². The first-order chi connectivity index (χ1) is 11.0. The average Bonchev–Trinajstić information content (AvgIpc) is 2.55. The first kappa shape index (κ1) is 17.0. The predicted octanol–water partition coefficient (Wildman–Crippen LogP) is 2.00. The Hall–Kier alpha value is -2.35. The fourth-order valence-electron chi connectivity index (χ4n) is 1.94. The van der Waals surface area contributed by atoms with Gasteiger partial charge in [-0.2, -0.15) is 0 Å². The highest BCUT2D eigenvalue weighted by molar-refractivity contribution is 9.10. The minimum Gasteiger partial charge on any atom is -0.464 e. The molecule has 1 aromatic carbocycles. The third kappa shape index (κ3) is 4.32. The van der Waals surface area contributed by atoms with Crippen molar-refractivity contribution in [1.29, 1.82) is 0 Å². The summed E-state index contributed by atoms with van der Waals surface area (Å²) in [6.07, 6.45) is 1.97. The van der Waals surface area contributed by atoms with E-state index in [2.05, 4.69) is 36.0 Å². The maximum absolute atomic E-state index is 14.0. The van der Waals surface area contributed by atoms with Gasteiger partial charge in [-0.3, -0.25) is 9.78 Å². The van der Waals surface area contributed by atoms with Crippen molar-refractivity contribution in [1.82, 2.24) is 15.3 Å². The molecule has 0 radical (unpaired) electrons. The van der Waals surface area contributed by atoms with Crippen molar-refractivity contribution >= 4 is 28.3 Å². The number of esters is 1. The van der Waals surface area contributed by atoms with E-state index in [4.69, 9.17) is 0 Å². The normalized spacial score (nSPS) is 10.2. The number of hydrogen-bond donors (Lipinski definition) is 1. The summed E-state index contributed by atoms with van der Waals surface area (Å²) < 4.78 is 19.3. The van der Waals surface area contributed by atoms with Gasteiger partial charge < -0.3 is 10.1 Å². The zero-order valence-electron chi connectivity index (χ0n) is 12.2. The lowest BCUT2D eigenvalue weighted by Crippen LogP contribution is -2.16. The fourth-order valence-corrected chi connectivity index (χ4v) is 2.27. The summed E-state index contributed by atoms with van der Waals surface area (Å²) >= 11 is 3.19. The second kappa shape index (κ2) is 7.77. The van der Waals surface area contributed by atoms with Gasteiger partial charge >= 0.3 is 5.97 Å². The molecule has 0 bridgehead atoms. The number of ether oxygens (including phenoxy) is 1. The van der Waals surface area contributed by atoms with E-state index in [1.807, 2.05) is 0 Å². The zero-order valence-corrected chi connectivity index (χ0v) is 13.8. The molecule has 0 aliphatic heterocycles. The third-order valence-electron chi connectivity index (χ3n) is 3.01. The maximum Gasteiger partial charge on any atom is 0.358 e. The SMILES string of the molecule is COC(=O)c1ncc(CNC=O)nc1Cc1ccc(Br)cc1F. The molecule has 1 aromatic heterocycles. The predicted molar refractivity (Wildman–Crippen MR) is 83.2 cm³/mol. The van der Waals surface area contributed by atoms with Gasteiger partial charge in [0.05, 0.1) is 31.2 Å². The third-order valence-corrected chi connectivity index (χ3v) is 3.51. The van der Waals surface area contributed by atoms with Crippen LogP contribution in [0.1, 0.15) is 27.4 Å². The summed E-state index contributed by atoms with van der Waals surface area (Å²) in [6.45, 7) is 0.160. The number of methoxy groups -OCH3 is 1.